The molecule has 0 heterocycles. The molecule has 0 rings (SSSR count). The Bertz CT molecular complexity index is 201. The highest BCUT2D eigenvalue weighted by Gasteiger charge is 1.96. The van der Waals surface area contributed by atoms with Crippen LogP contribution < -0.4 is 16.8 Å². The Morgan fingerprint density at radius 3 is 2.57 bits per heavy atom. The van der Waals surface area contributed by atoms with Gasteiger partial charge in [0.2, 0.25) is 5.91 Å². The van der Waals surface area contributed by atoms with Gasteiger partial charge in [-0.15, -0.1) is 0 Å². The zero-order valence-corrected chi connectivity index (χ0v) is 8.92. The van der Waals surface area contributed by atoms with Crippen LogP contribution in [0.2, 0.25) is 0 Å². The van der Waals surface area contributed by atoms with Crippen molar-refractivity contribution in [3.8, 4) is 0 Å². The molecule has 0 aliphatic heterocycles. The summed E-state index contributed by atoms with van der Waals surface area (Å²) >= 11 is 0. The maximum atomic E-state index is 10.4. The van der Waals surface area contributed by atoms with E-state index in [9.17, 15) is 4.79 Å². The zero-order chi connectivity index (χ0) is 11.0. The molecule has 0 bridgehead atoms. The van der Waals surface area contributed by atoms with Crippen molar-refractivity contribution in [2.24, 2.45) is 22.4 Å². The fourth-order valence-corrected chi connectivity index (χ4v) is 0.816. The molecule has 82 valence electrons. The monoisotopic (exact) mass is 200 g/mol. The summed E-state index contributed by atoms with van der Waals surface area (Å²) < 4.78 is 0. The number of nitrogens with one attached hydrogen (secondary N) is 1. The highest BCUT2D eigenvalue weighted by molar-refractivity contribution is 5.78. The number of hydrogen-bond acceptors (Lipinski definition) is 2. The SMILES string of the molecule is CC(C)CN=C(N)NCCCC(N)=O. The van der Waals surface area contributed by atoms with Gasteiger partial charge < -0.3 is 16.8 Å². The first kappa shape index (κ1) is 12.7. The molecule has 5 nitrogen and oxygen atoms in total. The van der Waals surface area contributed by atoms with E-state index >= 15 is 0 Å². The van der Waals surface area contributed by atoms with Crippen LogP contribution in [0.4, 0.5) is 0 Å². The van der Waals surface area contributed by atoms with Crippen molar-refractivity contribution < 1.29 is 4.79 Å². The second-order valence-electron chi connectivity index (χ2n) is 3.62. The van der Waals surface area contributed by atoms with Crippen LogP contribution in [-0.2, 0) is 4.79 Å². The fraction of sp³-hybridized carbons (Fsp3) is 0.778. The highest BCUT2D eigenvalue weighted by Crippen LogP contribution is 1.90. The molecule has 1 amide bonds. The van der Waals surface area contributed by atoms with Crippen LogP contribution in [0.1, 0.15) is 26.7 Å². The Labute approximate surface area is 84.9 Å². The second kappa shape index (κ2) is 7.17. The predicted molar refractivity (Wildman–Crippen MR) is 57.8 cm³/mol. The van der Waals surface area contributed by atoms with Crippen molar-refractivity contribution in [1.29, 1.82) is 0 Å². The molecule has 0 aromatic carbocycles. The Morgan fingerprint density at radius 1 is 1.43 bits per heavy atom. The number of rotatable bonds is 6. The molecule has 0 aromatic heterocycles. The molecule has 0 spiro atoms. The number of nitrogens with two attached hydrogens (primary N) is 2. The van der Waals surface area contributed by atoms with Crippen LogP contribution in [0.3, 0.4) is 0 Å². The molecule has 0 aromatic rings. The van der Waals surface area contributed by atoms with E-state index < -0.39 is 0 Å². The van der Waals surface area contributed by atoms with Gasteiger partial charge in [0, 0.05) is 19.5 Å². The molecule has 0 aliphatic carbocycles. The van der Waals surface area contributed by atoms with Crippen molar-refractivity contribution in [2.45, 2.75) is 26.7 Å². The van der Waals surface area contributed by atoms with Gasteiger partial charge in [0.25, 0.3) is 0 Å². The quantitative estimate of drug-likeness (QED) is 0.315. The number of nitrogens with zero attached hydrogens (tertiary/aromatic N) is 1. The van der Waals surface area contributed by atoms with Gasteiger partial charge in [0.1, 0.15) is 0 Å². The average molecular weight is 200 g/mol. The first-order chi connectivity index (χ1) is 6.52. The van der Waals surface area contributed by atoms with E-state index in [4.69, 9.17) is 11.5 Å². The third-order valence-corrected chi connectivity index (χ3v) is 1.53. The van der Waals surface area contributed by atoms with Gasteiger partial charge >= 0.3 is 0 Å². The first-order valence-corrected chi connectivity index (χ1v) is 4.84. The van der Waals surface area contributed by atoms with Gasteiger partial charge in [0.15, 0.2) is 5.96 Å². The third-order valence-electron chi connectivity index (χ3n) is 1.53. The van der Waals surface area contributed by atoms with E-state index in [2.05, 4.69) is 24.2 Å². The molecule has 0 aliphatic rings. The lowest BCUT2D eigenvalue weighted by molar-refractivity contribution is -0.118. The van der Waals surface area contributed by atoms with Gasteiger partial charge in [-0.05, 0) is 12.3 Å². The number of hydrogen-bond donors (Lipinski definition) is 3. The Hall–Kier alpha value is -1.26. The van der Waals surface area contributed by atoms with E-state index in [-0.39, 0.29) is 5.91 Å². The molecule has 0 unspecified atom stereocenters. The number of carbonyl (C=O) groups is 1. The Balaban J connectivity index is 3.48. The number of guanidine groups is 1. The summed E-state index contributed by atoms with van der Waals surface area (Å²) in [5.41, 5.74) is 10.5. The summed E-state index contributed by atoms with van der Waals surface area (Å²) in [4.78, 5) is 14.5. The van der Waals surface area contributed by atoms with Crippen LogP contribution in [0.15, 0.2) is 4.99 Å². The molecule has 0 atom stereocenters. The predicted octanol–water partition coefficient (Wildman–Crippen LogP) is -0.188. The minimum Gasteiger partial charge on any atom is -0.370 e. The topological polar surface area (TPSA) is 93.5 Å². The van der Waals surface area contributed by atoms with Gasteiger partial charge in [0.05, 0.1) is 0 Å². The van der Waals surface area contributed by atoms with Crippen molar-refractivity contribution in [2.75, 3.05) is 13.1 Å². The maximum Gasteiger partial charge on any atom is 0.217 e. The van der Waals surface area contributed by atoms with E-state index in [1.54, 1.807) is 0 Å². The second-order valence-corrected chi connectivity index (χ2v) is 3.62. The summed E-state index contributed by atoms with van der Waals surface area (Å²) in [5, 5.41) is 2.91. The summed E-state index contributed by atoms with van der Waals surface area (Å²) in [5.74, 6) is 0.647. The van der Waals surface area contributed by atoms with Crippen molar-refractivity contribution in [1.82, 2.24) is 5.32 Å². The number of carbonyl (C=O) groups excluding carboxylic acids is 1. The summed E-state index contributed by atoms with van der Waals surface area (Å²) in [6.07, 6.45) is 1.07. The normalized spacial score (nSPS) is 11.8. The Kier molecular flexibility index (Phi) is 6.53. The van der Waals surface area contributed by atoms with Gasteiger partial charge in [-0.3, -0.25) is 9.79 Å². The van der Waals surface area contributed by atoms with Gasteiger partial charge in [-0.2, -0.15) is 0 Å². The standard InChI is InChI=1S/C9H20N4O/c1-7(2)6-13-9(11)12-5-3-4-8(10)14/h7H,3-6H2,1-2H3,(H2,10,14)(H3,11,12,13). The van der Waals surface area contributed by atoms with Gasteiger partial charge in [-0.25, -0.2) is 0 Å². The van der Waals surface area contributed by atoms with E-state index in [0.29, 0.717) is 37.8 Å². The fourth-order valence-electron chi connectivity index (χ4n) is 0.816. The molecule has 14 heavy (non-hydrogen) atoms. The molecule has 0 fully saturated rings. The van der Waals surface area contributed by atoms with Gasteiger partial charge in [-0.1, -0.05) is 13.8 Å². The minimum absolute atomic E-state index is 0.288. The summed E-state index contributed by atoms with van der Waals surface area (Å²) in [6, 6.07) is 0. The average Bonchev–Trinajstić information content (AvgIpc) is 2.08. The third kappa shape index (κ3) is 8.83. The van der Waals surface area contributed by atoms with Crippen molar-refractivity contribution in [3.05, 3.63) is 0 Å². The molecule has 0 radical (unpaired) electrons. The lowest BCUT2D eigenvalue weighted by Crippen LogP contribution is -2.33. The summed E-state index contributed by atoms with van der Waals surface area (Å²) in [6.45, 7) is 5.50. The molecule has 0 saturated heterocycles. The van der Waals surface area contributed by atoms with Crippen LogP contribution in [-0.4, -0.2) is 25.0 Å². The van der Waals surface area contributed by atoms with E-state index in [1.807, 2.05) is 0 Å². The largest absolute Gasteiger partial charge is 0.370 e. The number of aliphatic imine (C=N–C) groups is 1. The first-order valence-electron chi connectivity index (χ1n) is 4.84. The lowest BCUT2D eigenvalue weighted by Gasteiger charge is -2.05. The van der Waals surface area contributed by atoms with E-state index in [0.717, 1.165) is 0 Å². The van der Waals surface area contributed by atoms with Crippen molar-refractivity contribution >= 4 is 11.9 Å². The zero-order valence-electron chi connectivity index (χ0n) is 8.92. The van der Waals surface area contributed by atoms with Crippen LogP contribution >= 0.6 is 0 Å². The molecule has 0 saturated carbocycles. The van der Waals surface area contributed by atoms with Crippen molar-refractivity contribution in [3.63, 3.8) is 0 Å². The molecule has 5 heteroatoms. The highest BCUT2D eigenvalue weighted by atomic mass is 16.1. The smallest absolute Gasteiger partial charge is 0.217 e. The summed E-state index contributed by atoms with van der Waals surface area (Å²) in [7, 11) is 0. The minimum atomic E-state index is -0.288. The van der Waals surface area contributed by atoms with E-state index in [1.165, 1.54) is 0 Å². The molecular weight excluding hydrogens is 180 g/mol. The number of primary amides is 1. The van der Waals surface area contributed by atoms with Crippen LogP contribution in [0, 0.1) is 5.92 Å². The lowest BCUT2D eigenvalue weighted by atomic mass is 10.2. The van der Waals surface area contributed by atoms with Crippen LogP contribution in [0.5, 0.6) is 0 Å². The Morgan fingerprint density at radius 2 is 2.07 bits per heavy atom. The maximum absolute atomic E-state index is 10.4. The number of amides is 1. The van der Waals surface area contributed by atoms with Crippen LogP contribution in [0.25, 0.3) is 0 Å². The molecular formula is C9H20N4O. The molecule has 5 N–H and O–H groups in total.